The number of phenolic OH excluding ortho intramolecular Hbond substituents is 1. The van der Waals surface area contributed by atoms with E-state index in [2.05, 4.69) is 10.6 Å². The molecule has 70 valence electrons. The minimum atomic E-state index is -0.427. The molecule has 0 heterocycles. The van der Waals surface area contributed by atoms with Gasteiger partial charge < -0.3 is 15.7 Å². The van der Waals surface area contributed by atoms with Crippen molar-refractivity contribution >= 4 is 23.3 Å². The molecule has 0 bridgehead atoms. The van der Waals surface area contributed by atoms with Crippen molar-refractivity contribution in [3.05, 3.63) is 23.2 Å². The highest BCUT2D eigenvalue weighted by Crippen LogP contribution is 2.30. The minimum absolute atomic E-state index is 0.0592. The van der Waals surface area contributed by atoms with Crippen molar-refractivity contribution in [1.82, 2.24) is 5.32 Å². The van der Waals surface area contributed by atoms with Crippen molar-refractivity contribution in [1.29, 1.82) is 0 Å². The Bertz CT molecular complexity index is 308. The molecule has 2 amide bonds. The highest BCUT2D eigenvalue weighted by Gasteiger charge is 2.07. The first-order chi connectivity index (χ1) is 6.15. The van der Waals surface area contributed by atoms with Gasteiger partial charge in [0, 0.05) is 7.05 Å². The van der Waals surface area contributed by atoms with Crippen LogP contribution in [0.1, 0.15) is 0 Å². The molecule has 0 aliphatic heterocycles. The molecule has 0 fully saturated rings. The van der Waals surface area contributed by atoms with E-state index in [0.29, 0.717) is 5.02 Å². The zero-order chi connectivity index (χ0) is 9.84. The van der Waals surface area contributed by atoms with Gasteiger partial charge >= 0.3 is 6.03 Å². The molecule has 0 aromatic heterocycles. The van der Waals surface area contributed by atoms with E-state index in [1.165, 1.54) is 13.1 Å². The lowest BCUT2D eigenvalue weighted by Crippen LogP contribution is -2.24. The Morgan fingerprint density at radius 3 is 2.77 bits per heavy atom. The second-order valence-electron chi connectivity index (χ2n) is 2.34. The molecule has 0 aliphatic rings. The van der Waals surface area contributed by atoms with Crippen LogP contribution in [0.2, 0.25) is 5.02 Å². The molecule has 1 rings (SSSR count). The second-order valence-corrected chi connectivity index (χ2v) is 2.75. The van der Waals surface area contributed by atoms with Crippen LogP contribution < -0.4 is 10.6 Å². The average molecular weight is 201 g/mol. The third-order valence-corrected chi connectivity index (χ3v) is 1.77. The van der Waals surface area contributed by atoms with E-state index < -0.39 is 6.03 Å². The lowest BCUT2D eigenvalue weighted by Gasteiger charge is -2.07. The maximum Gasteiger partial charge on any atom is 0.319 e. The van der Waals surface area contributed by atoms with Gasteiger partial charge in [-0.1, -0.05) is 17.7 Å². The summed E-state index contributed by atoms with van der Waals surface area (Å²) in [5.74, 6) is -0.0592. The van der Waals surface area contributed by atoms with E-state index in [9.17, 15) is 9.90 Å². The van der Waals surface area contributed by atoms with Crippen LogP contribution in [0, 0.1) is 0 Å². The fraction of sp³-hybridized carbons (Fsp3) is 0.125. The van der Waals surface area contributed by atoms with Gasteiger partial charge in [-0.05, 0) is 12.1 Å². The number of aromatic hydroxyl groups is 1. The monoisotopic (exact) mass is 200 g/mol. The molecule has 0 unspecified atom stereocenters. The number of amides is 2. The first-order valence-electron chi connectivity index (χ1n) is 3.61. The molecule has 1 aromatic carbocycles. The molecule has 4 nitrogen and oxygen atoms in total. The molecule has 0 saturated heterocycles. The number of para-hydroxylation sites is 1. The highest BCUT2D eigenvalue weighted by atomic mass is 35.5. The maximum atomic E-state index is 10.9. The largest absolute Gasteiger partial charge is 0.506 e. The first-order valence-corrected chi connectivity index (χ1v) is 3.99. The van der Waals surface area contributed by atoms with Gasteiger partial charge in [0.25, 0.3) is 0 Å². The van der Waals surface area contributed by atoms with Crippen molar-refractivity contribution in [2.24, 2.45) is 0 Å². The second kappa shape index (κ2) is 4.00. The normalized spacial score (nSPS) is 9.38. The quantitative estimate of drug-likeness (QED) is 0.606. The van der Waals surface area contributed by atoms with Crippen LogP contribution in [0.15, 0.2) is 18.2 Å². The topological polar surface area (TPSA) is 61.4 Å². The Labute approximate surface area is 80.5 Å². The van der Waals surface area contributed by atoms with Crippen molar-refractivity contribution in [3.63, 3.8) is 0 Å². The molecule has 3 N–H and O–H groups in total. The van der Waals surface area contributed by atoms with Crippen molar-refractivity contribution < 1.29 is 9.90 Å². The lowest BCUT2D eigenvalue weighted by atomic mass is 10.3. The summed E-state index contributed by atoms with van der Waals surface area (Å²) < 4.78 is 0. The number of rotatable bonds is 1. The first kappa shape index (κ1) is 9.67. The van der Waals surface area contributed by atoms with Gasteiger partial charge in [-0.3, -0.25) is 0 Å². The SMILES string of the molecule is CNC(=O)Nc1c(O)cccc1Cl. The van der Waals surface area contributed by atoms with E-state index in [4.69, 9.17) is 11.6 Å². The molecule has 5 heteroatoms. The number of phenols is 1. The predicted octanol–water partition coefficient (Wildman–Crippen LogP) is 1.80. The third kappa shape index (κ3) is 2.26. The summed E-state index contributed by atoms with van der Waals surface area (Å²) in [5, 5.41) is 14.3. The summed E-state index contributed by atoms with van der Waals surface area (Å²) in [4.78, 5) is 10.9. The number of nitrogens with one attached hydrogen (secondary N) is 2. The van der Waals surface area contributed by atoms with Gasteiger partial charge in [0.2, 0.25) is 0 Å². The molecule has 0 spiro atoms. The Morgan fingerprint density at radius 1 is 1.54 bits per heavy atom. The van der Waals surface area contributed by atoms with E-state index in [0.717, 1.165) is 0 Å². The van der Waals surface area contributed by atoms with E-state index in [1.54, 1.807) is 12.1 Å². The smallest absolute Gasteiger partial charge is 0.319 e. The number of hydrogen-bond acceptors (Lipinski definition) is 2. The predicted molar refractivity (Wildman–Crippen MR) is 51.2 cm³/mol. The molecule has 13 heavy (non-hydrogen) atoms. The molecule has 1 aromatic rings. The van der Waals surface area contributed by atoms with Crippen molar-refractivity contribution in [2.45, 2.75) is 0 Å². The van der Waals surface area contributed by atoms with Crippen LogP contribution in [0.25, 0.3) is 0 Å². The Kier molecular flexibility index (Phi) is 2.97. The van der Waals surface area contributed by atoms with Gasteiger partial charge in [0.05, 0.1) is 5.02 Å². The number of anilines is 1. The van der Waals surface area contributed by atoms with Gasteiger partial charge in [0.1, 0.15) is 11.4 Å². The minimum Gasteiger partial charge on any atom is -0.506 e. The average Bonchev–Trinajstić information content (AvgIpc) is 2.11. The molecular weight excluding hydrogens is 192 g/mol. The van der Waals surface area contributed by atoms with Gasteiger partial charge in [-0.2, -0.15) is 0 Å². The fourth-order valence-electron chi connectivity index (χ4n) is 0.813. The van der Waals surface area contributed by atoms with Crippen LogP contribution in [0.5, 0.6) is 5.75 Å². The van der Waals surface area contributed by atoms with E-state index in [1.807, 2.05) is 0 Å². The zero-order valence-electron chi connectivity index (χ0n) is 6.97. The number of hydrogen-bond donors (Lipinski definition) is 3. The molecule has 0 aliphatic carbocycles. The van der Waals surface area contributed by atoms with Crippen LogP contribution in [0.3, 0.4) is 0 Å². The standard InChI is InChI=1S/C8H9ClN2O2/c1-10-8(13)11-7-5(9)3-2-4-6(7)12/h2-4,12H,1H3,(H2,10,11,13). The zero-order valence-corrected chi connectivity index (χ0v) is 7.72. The molecule has 0 radical (unpaired) electrons. The van der Waals surface area contributed by atoms with E-state index >= 15 is 0 Å². The van der Waals surface area contributed by atoms with Crippen LogP contribution in [0.4, 0.5) is 10.5 Å². The van der Waals surface area contributed by atoms with Crippen LogP contribution >= 0.6 is 11.6 Å². The number of carbonyl (C=O) groups excluding carboxylic acids is 1. The summed E-state index contributed by atoms with van der Waals surface area (Å²) >= 11 is 5.73. The summed E-state index contributed by atoms with van der Waals surface area (Å²) in [6.07, 6.45) is 0. The number of benzene rings is 1. The maximum absolute atomic E-state index is 10.9. The summed E-state index contributed by atoms with van der Waals surface area (Å²) in [7, 11) is 1.48. The molecule has 0 atom stereocenters. The molecule has 0 saturated carbocycles. The van der Waals surface area contributed by atoms with Gasteiger partial charge in [0.15, 0.2) is 0 Å². The third-order valence-electron chi connectivity index (χ3n) is 1.46. The van der Waals surface area contributed by atoms with Crippen LogP contribution in [-0.2, 0) is 0 Å². The Balaban J connectivity index is 2.93. The summed E-state index contributed by atoms with van der Waals surface area (Å²) in [5.41, 5.74) is 0.212. The van der Waals surface area contributed by atoms with Gasteiger partial charge in [-0.15, -0.1) is 0 Å². The molecular formula is C8H9ClN2O2. The van der Waals surface area contributed by atoms with E-state index in [-0.39, 0.29) is 11.4 Å². The Hall–Kier alpha value is -1.42. The summed E-state index contributed by atoms with van der Waals surface area (Å²) in [6, 6.07) is 4.18. The summed E-state index contributed by atoms with van der Waals surface area (Å²) in [6.45, 7) is 0. The number of halogens is 1. The van der Waals surface area contributed by atoms with Crippen LogP contribution in [-0.4, -0.2) is 18.2 Å². The number of urea groups is 1. The fourth-order valence-corrected chi connectivity index (χ4v) is 1.03. The van der Waals surface area contributed by atoms with Crippen molar-refractivity contribution in [3.8, 4) is 5.75 Å². The highest BCUT2D eigenvalue weighted by molar-refractivity contribution is 6.34. The van der Waals surface area contributed by atoms with Crippen molar-refractivity contribution in [2.75, 3.05) is 12.4 Å². The number of carbonyl (C=O) groups is 1. The lowest BCUT2D eigenvalue weighted by molar-refractivity contribution is 0.254. The Morgan fingerprint density at radius 2 is 2.23 bits per heavy atom. The van der Waals surface area contributed by atoms with Gasteiger partial charge in [-0.25, -0.2) is 4.79 Å².